The van der Waals surface area contributed by atoms with Gasteiger partial charge in [0.15, 0.2) is 0 Å². The monoisotopic (exact) mass is 821 g/mol. The zero-order valence-electron chi connectivity index (χ0n) is 34.3. The van der Waals surface area contributed by atoms with Crippen LogP contribution in [0.3, 0.4) is 0 Å². The van der Waals surface area contributed by atoms with Gasteiger partial charge in [-0.2, -0.15) is 5.10 Å². The van der Waals surface area contributed by atoms with Crippen LogP contribution < -0.4 is 15.4 Å². The highest BCUT2D eigenvalue weighted by Crippen LogP contribution is 2.33. The lowest BCUT2D eigenvalue weighted by Crippen LogP contribution is -2.46. The summed E-state index contributed by atoms with van der Waals surface area (Å²) in [7, 11) is 3.79. The number of hydrogen-bond donors (Lipinski definition) is 2. The Morgan fingerprint density at radius 1 is 0.983 bits per heavy atom. The molecule has 8 rings (SSSR count). The van der Waals surface area contributed by atoms with Crippen molar-refractivity contribution in [1.82, 2.24) is 39.4 Å². The lowest BCUT2D eigenvalue weighted by molar-refractivity contribution is -0.134. The van der Waals surface area contributed by atoms with Crippen LogP contribution in [0.1, 0.15) is 88.9 Å². The number of likely N-dealkylation sites (N-methyl/N-ethyl adjacent to an activating group) is 1. The average Bonchev–Trinajstić information content (AvgIpc) is 3.76. The molecule has 3 aromatic heterocycles. The Morgan fingerprint density at radius 3 is 2.50 bits per heavy atom. The number of likely N-dealkylation sites (tertiary alicyclic amines) is 1. The van der Waals surface area contributed by atoms with E-state index in [0.717, 1.165) is 31.2 Å². The van der Waals surface area contributed by atoms with Crippen LogP contribution in [0.15, 0.2) is 48.7 Å². The molecule has 3 aliphatic heterocycles. The van der Waals surface area contributed by atoms with Crippen molar-refractivity contribution in [2.24, 2.45) is 13.0 Å². The van der Waals surface area contributed by atoms with Crippen LogP contribution in [0.4, 0.5) is 14.7 Å². The number of imidazole rings is 1. The predicted molar refractivity (Wildman–Crippen MR) is 219 cm³/mol. The maximum atomic E-state index is 15.1. The molecular weight excluding hydrogens is 773 g/mol. The van der Waals surface area contributed by atoms with Gasteiger partial charge in [-0.15, -0.1) is 0 Å². The van der Waals surface area contributed by atoms with Crippen molar-refractivity contribution in [2.45, 2.75) is 77.3 Å². The molecule has 0 unspecified atom stereocenters. The number of nitrogens with one attached hydrogen (secondary N) is 2. The number of rotatable bonds is 6. The number of carbonyl (C=O) groups is 4. The summed E-state index contributed by atoms with van der Waals surface area (Å²) < 4.78 is 40.1. The molecule has 60 heavy (non-hydrogen) atoms. The molecule has 4 amide bonds. The van der Waals surface area contributed by atoms with E-state index >= 15 is 8.78 Å². The summed E-state index contributed by atoms with van der Waals surface area (Å²) in [4.78, 5) is 65.1. The third-order valence-electron chi connectivity index (χ3n) is 12.0. The first-order valence-corrected chi connectivity index (χ1v) is 20.6. The van der Waals surface area contributed by atoms with Crippen molar-refractivity contribution in [3.63, 3.8) is 0 Å². The smallest absolute Gasteiger partial charge is 0.258 e. The van der Waals surface area contributed by atoms with E-state index < -0.39 is 29.4 Å². The molecule has 0 saturated carbocycles. The zero-order valence-corrected chi connectivity index (χ0v) is 34.3. The van der Waals surface area contributed by atoms with Crippen LogP contribution in [0, 0.1) is 24.5 Å². The fraction of sp³-hybridized carbons (Fsp3) is 0.432. The van der Waals surface area contributed by atoms with E-state index in [9.17, 15) is 19.2 Å². The molecule has 2 saturated heterocycles. The molecule has 2 atom stereocenters. The normalized spacial score (nSPS) is 19.2. The fourth-order valence-corrected chi connectivity index (χ4v) is 8.69. The zero-order chi connectivity index (χ0) is 42.2. The van der Waals surface area contributed by atoms with Crippen LogP contribution in [0.25, 0.3) is 22.3 Å². The molecule has 16 heteroatoms. The number of ether oxygens (including phenoxy) is 1. The lowest BCUT2D eigenvalue weighted by Gasteiger charge is -2.37. The standard InChI is InChI=1S/C44H49F2N9O5/c1-25-6-5-17-60-43-32(23-47-53(43)4)36-21-29(18-26(2)48-36)40(57)51-44-49-35-9-7-28(22-37(35)55(44)24-25)42(59)54-15-12-30(13-16-54)52(3)14-11-27-19-33(45)39(34(46)20-27)31-8-10-38(56)50-41(31)58/h7,9,18-23,25,30-31H,5-6,8,10-17,24H2,1-4H3,(H,49,51,57)(H,50,56,58)/t25-,31-/m1/s1. The van der Waals surface area contributed by atoms with Gasteiger partial charge in [0, 0.05) is 68.1 Å². The van der Waals surface area contributed by atoms with E-state index in [1.54, 1.807) is 29.1 Å². The second-order valence-electron chi connectivity index (χ2n) is 16.4. The summed E-state index contributed by atoms with van der Waals surface area (Å²) in [5, 5.41) is 9.60. The molecule has 6 heterocycles. The molecule has 3 aliphatic rings. The van der Waals surface area contributed by atoms with E-state index in [4.69, 9.17) is 9.72 Å². The summed E-state index contributed by atoms with van der Waals surface area (Å²) in [5.74, 6) is -2.96. The van der Waals surface area contributed by atoms with Crippen molar-refractivity contribution in [3.05, 3.63) is 88.2 Å². The van der Waals surface area contributed by atoms with Gasteiger partial charge in [0.25, 0.3) is 11.8 Å². The first-order chi connectivity index (χ1) is 28.8. The third-order valence-corrected chi connectivity index (χ3v) is 12.0. The molecule has 314 valence electrons. The highest BCUT2D eigenvalue weighted by molar-refractivity contribution is 6.05. The van der Waals surface area contributed by atoms with E-state index in [-0.39, 0.29) is 42.2 Å². The van der Waals surface area contributed by atoms with Crippen molar-refractivity contribution < 1.29 is 32.7 Å². The third kappa shape index (κ3) is 8.37. The Morgan fingerprint density at radius 2 is 1.75 bits per heavy atom. The summed E-state index contributed by atoms with van der Waals surface area (Å²) >= 11 is 0. The van der Waals surface area contributed by atoms with Crippen molar-refractivity contribution in [1.29, 1.82) is 0 Å². The van der Waals surface area contributed by atoms with E-state index in [1.807, 2.05) is 42.6 Å². The van der Waals surface area contributed by atoms with Gasteiger partial charge >= 0.3 is 0 Å². The number of halogens is 2. The fourth-order valence-electron chi connectivity index (χ4n) is 8.69. The first kappa shape index (κ1) is 40.7. The number of hydrogen-bond acceptors (Lipinski definition) is 9. The SMILES string of the molecule is Cc1cc2cc(n1)-c1cnn(C)c1OCCC[C@@H](C)Cn1c(nc3ccc(C(=O)N4CCC(N(C)CCc5cc(F)c([C@H]6CCC(=O)NC6=O)c(F)c5)CC4)cc31)NC2=O. The molecule has 2 bridgehead atoms. The number of amides is 4. The number of imide groups is 1. The topological polar surface area (TPSA) is 157 Å². The number of carbonyl (C=O) groups excluding carboxylic acids is 4. The van der Waals surface area contributed by atoms with E-state index in [1.165, 1.54) is 12.1 Å². The van der Waals surface area contributed by atoms with Crippen LogP contribution in [-0.2, 0) is 29.6 Å². The highest BCUT2D eigenvalue weighted by Gasteiger charge is 2.33. The van der Waals surface area contributed by atoms with Gasteiger partial charge in [-0.1, -0.05) is 6.92 Å². The number of pyridine rings is 1. The number of nitrogens with zero attached hydrogens (tertiary/aromatic N) is 7. The number of anilines is 1. The van der Waals surface area contributed by atoms with Gasteiger partial charge in [-0.3, -0.25) is 34.8 Å². The van der Waals surface area contributed by atoms with Gasteiger partial charge in [0.05, 0.1) is 41.0 Å². The molecule has 14 nitrogen and oxygen atoms in total. The second-order valence-corrected chi connectivity index (χ2v) is 16.4. The predicted octanol–water partition coefficient (Wildman–Crippen LogP) is 5.78. The molecule has 5 aromatic rings. The minimum absolute atomic E-state index is 0.0366. The van der Waals surface area contributed by atoms with Gasteiger partial charge in [-0.25, -0.2) is 18.4 Å². The van der Waals surface area contributed by atoms with Crippen LogP contribution in [0.2, 0.25) is 0 Å². The van der Waals surface area contributed by atoms with Crippen LogP contribution >= 0.6 is 0 Å². The second kappa shape index (κ2) is 16.9. The first-order valence-electron chi connectivity index (χ1n) is 20.6. The Bertz CT molecular complexity index is 2470. The molecule has 2 aromatic carbocycles. The van der Waals surface area contributed by atoms with Gasteiger partial charge in [-0.05, 0) is 106 Å². The minimum atomic E-state index is -1.03. The van der Waals surface area contributed by atoms with Crippen LogP contribution in [0.5, 0.6) is 5.88 Å². The highest BCUT2D eigenvalue weighted by atomic mass is 19.1. The Hall–Kier alpha value is -6.03. The Kier molecular flexibility index (Phi) is 11.5. The number of benzene rings is 2. The maximum absolute atomic E-state index is 15.1. The Labute approximate surface area is 346 Å². The molecule has 2 fully saturated rings. The number of aryl methyl sites for hydroxylation is 2. The molecule has 2 N–H and O–H groups in total. The maximum Gasteiger partial charge on any atom is 0.258 e. The number of fused-ring (bicyclic) bond motifs is 7. The summed E-state index contributed by atoms with van der Waals surface area (Å²) in [6.07, 6.45) is 5.30. The van der Waals surface area contributed by atoms with Gasteiger partial charge in [0.1, 0.15) is 11.6 Å². The summed E-state index contributed by atoms with van der Waals surface area (Å²) in [6, 6.07) is 11.7. The molecular formula is C44H49F2N9O5. The van der Waals surface area contributed by atoms with Gasteiger partial charge in [0.2, 0.25) is 23.6 Å². The summed E-state index contributed by atoms with van der Waals surface area (Å²) in [5.41, 5.74) is 4.52. The minimum Gasteiger partial charge on any atom is -0.477 e. The van der Waals surface area contributed by atoms with Crippen molar-refractivity contribution >= 4 is 40.6 Å². The van der Waals surface area contributed by atoms with Crippen LogP contribution in [-0.4, -0.2) is 97.1 Å². The molecule has 0 aliphatic carbocycles. The molecule has 0 radical (unpaired) electrons. The van der Waals surface area contributed by atoms with E-state index in [0.29, 0.717) is 90.2 Å². The average molecular weight is 822 g/mol. The summed E-state index contributed by atoms with van der Waals surface area (Å²) in [6.45, 7) is 6.66. The number of aromatic nitrogens is 5. The Balaban J connectivity index is 0.939. The van der Waals surface area contributed by atoms with E-state index in [2.05, 4.69) is 32.5 Å². The van der Waals surface area contributed by atoms with Crippen molar-refractivity contribution in [2.75, 3.05) is 38.6 Å². The van der Waals surface area contributed by atoms with Gasteiger partial charge < -0.3 is 19.1 Å². The largest absolute Gasteiger partial charge is 0.477 e. The quantitative estimate of drug-likeness (QED) is 0.203. The number of piperidine rings is 2. The lowest BCUT2D eigenvalue weighted by atomic mass is 9.89. The van der Waals surface area contributed by atoms with Crippen molar-refractivity contribution in [3.8, 4) is 17.1 Å². The molecule has 0 spiro atoms.